The largest absolute Gasteiger partial charge is 0.378 e. The Morgan fingerprint density at radius 3 is 1.68 bits per heavy atom. The monoisotopic (exact) mass is 780 g/mol. The normalized spacial score (nSPS) is 16.1. The number of nitrogens with zero attached hydrogens (tertiary/aromatic N) is 10. The minimum absolute atomic E-state index is 0.294. The van der Waals surface area contributed by atoms with E-state index in [4.69, 9.17) is 34.4 Å². The molecule has 0 amide bonds. The van der Waals surface area contributed by atoms with Gasteiger partial charge in [-0.15, -0.1) is 0 Å². The topological polar surface area (TPSA) is 112 Å². The summed E-state index contributed by atoms with van der Waals surface area (Å²) >= 11 is 3.64. The fourth-order valence-corrected chi connectivity index (χ4v) is 7.43. The van der Waals surface area contributed by atoms with Crippen LogP contribution in [0.5, 0.6) is 0 Å². The lowest BCUT2D eigenvalue weighted by Crippen LogP contribution is -2.37. The van der Waals surface area contributed by atoms with Crippen molar-refractivity contribution in [3.63, 3.8) is 0 Å². The van der Waals surface area contributed by atoms with Gasteiger partial charge in [0.1, 0.15) is 22.4 Å². The molecule has 2 unspecified atom stereocenters. The van der Waals surface area contributed by atoms with Gasteiger partial charge in [0.05, 0.1) is 32.8 Å². The summed E-state index contributed by atoms with van der Waals surface area (Å²) in [6.07, 6.45) is 3.93. The van der Waals surface area contributed by atoms with Crippen molar-refractivity contribution in [1.29, 1.82) is 0 Å². The van der Waals surface area contributed by atoms with Crippen molar-refractivity contribution in [2.45, 2.75) is 66.5 Å². The number of hydrogen-bond donors (Lipinski definition) is 0. The van der Waals surface area contributed by atoms with Crippen LogP contribution >= 0.6 is 15.9 Å². The van der Waals surface area contributed by atoms with Gasteiger partial charge < -0.3 is 28.4 Å². The first kappa shape index (κ1) is 36.9. The van der Waals surface area contributed by atoms with E-state index in [0.717, 1.165) is 100 Å². The lowest BCUT2D eigenvalue weighted by Gasteiger charge is -2.27. The van der Waals surface area contributed by atoms with Crippen LogP contribution in [0.25, 0.3) is 44.8 Å². The third-order valence-electron chi connectivity index (χ3n) is 10.2. The molecule has 2 aliphatic rings. The van der Waals surface area contributed by atoms with Crippen LogP contribution in [0.15, 0.2) is 59.6 Å². The molecule has 2 atom stereocenters. The highest BCUT2D eigenvalue weighted by molar-refractivity contribution is 9.10. The van der Waals surface area contributed by atoms with E-state index in [9.17, 15) is 0 Å². The first-order valence-electron chi connectivity index (χ1n) is 18.7. The second kappa shape index (κ2) is 16.3. The van der Waals surface area contributed by atoms with Gasteiger partial charge in [-0.05, 0) is 68.6 Å². The van der Waals surface area contributed by atoms with E-state index in [2.05, 4.69) is 130 Å². The second-order valence-electron chi connectivity index (χ2n) is 13.9. The van der Waals surface area contributed by atoms with E-state index >= 15 is 0 Å². The highest BCUT2D eigenvalue weighted by Gasteiger charge is 2.24. The molecule has 2 saturated heterocycles. The molecular formula is C40H49BrN10O2. The lowest BCUT2D eigenvalue weighted by atomic mass is 10.1. The van der Waals surface area contributed by atoms with E-state index in [0.29, 0.717) is 38.5 Å². The number of fused-ring (bicyclic) bond motifs is 2. The van der Waals surface area contributed by atoms with Gasteiger partial charge in [-0.2, -0.15) is 9.97 Å². The van der Waals surface area contributed by atoms with Gasteiger partial charge in [0.15, 0.2) is 16.0 Å². The second-order valence-corrected chi connectivity index (χ2v) is 14.7. The SMILES string of the molecule is CCC(C)n1c(Br)nc2c(-c3cccc(C)c3)nc(N3CCOCC3)nc21.CCC(C)n1cnc2c(-c3cccc(C)c3)nc(N3CCOCC3)nc21. The molecule has 6 heterocycles. The summed E-state index contributed by atoms with van der Waals surface area (Å²) in [5.74, 6) is 1.52. The number of rotatable bonds is 8. The predicted molar refractivity (Wildman–Crippen MR) is 215 cm³/mol. The molecule has 278 valence electrons. The Hall–Kier alpha value is -4.46. The first-order chi connectivity index (χ1) is 25.7. The fraction of sp³-hybridized carbons (Fsp3) is 0.450. The van der Waals surface area contributed by atoms with Gasteiger partial charge in [-0.1, -0.05) is 61.4 Å². The lowest BCUT2D eigenvalue weighted by molar-refractivity contribution is 0.122. The zero-order chi connectivity index (χ0) is 37.1. The van der Waals surface area contributed by atoms with Crippen molar-refractivity contribution >= 4 is 50.2 Å². The van der Waals surface area contributed by atoms with Gasteiger partial charge >= 0.3 is 0 Å². The van der Waals surface area contributed by atoms with Crippen LogP contribution < -0.4 is 9.80 Å². The molecule has 13 heteroatoms. The molecule has 4 aromatic heterocycles. The third kappa shape index (κ3) is 7.78. The summed E-state index contributed by atoms with van der Waals surface area (Å²) in [5, 5.41) is 0. The van der Waals surface area contributed by atoms with Crippen molar-refractivity contribution in [3.8, 4) is 22.5 Å². The Balaban J connectivity index is 0.000000164. The number of imidazole rings is 2. The number of aryl methyl sites for hydroxylation is 2. The maximum Gasteiger partial charge on any atom is 0.228 e. The summed E-state index contributed by atoms with van der Waals surface area (Å²) in [7, 11) is 0. The minimum atomic E-state index is 0.294. The smallest absolute Gasteiger partial charge is 0.228 e. The zero-order valence-corrected chi connectivity index (χ0v) is 33.2. The van der Waals surface area contributed by atoms with E-state index in [1.807, 2.05) is 6.33 Å². The molecule has 6 aromatic rings. The molecule has 0 spiro atoms. The molecule has 0 aliphatic carbocycles. The van der Waals surface area contributed by atoms with Gasteiger partial charge in [-0.25, -0.2) is 19.9 Å². The van der Waals surface area contributed by atoms with E-state index < -0.39 is 0 Å². The molecule has 12 nitrogen and oxygen atoms in total. The summed E-state index contributed by atoms with van der Waals surface area (Å²) in [5.41, 5.74) is 9.85. The number of benzene rings is 2. The van der Waals surface area contributed by atoms with Crippen LogP contribution in [0.1, 0.15) is 63.7 Å². The Morgan fingerprint density at radius 1 is 0.660 bits per heavy atom. The van der Waals surface area contributed by atoms with Crippen molar-refractivity contribution < 1.29 is 9.47 Å². The number of halogens is 1. The first-order valence-corrected chi connectivity index (χ1v) is 19.5. The Morgan fingerprint density at radius 2 is 1.17 bits per heavy atom. The number of ether oxygens (including phenoxy) is 2. The number of aromatic nitrogens is 8. The van der Waals surface area contributed by atoms with E-state index in [-0.39, 0.29) is 0 Å². The minimum Gasteiger partial charge on any atom is -0.378 e. The molecule has 0 bridgehead atoms. The number of hydrogen-bond acceptors (Lipinski definition) is 10. The third-order valence-corrected chi connectivity index (χ3v) is 10.7. The average molecular weight is 782 g/mol. The molecule has 2 fully saturated rings. The fourth-order valence-electron chi connectivity index (χ4n) is 6.73. The average Bonchev–Trinajstić information content (AvgIpc) is 3.78. The Bertz CT molecular complexity index is 2190. The molecule has 0 N–H and O–H groups in total. The summed E-state index contributed by atoms with van der Waals surface area (Å²) < 4.78 is 16.1. The molecule has 2 aromatic carbocycles. The van der Waals surface area contributed by atoms with Crippen molar-refractivity contribution in [1.82, 2.24) is 39.0 Å². The van der Waals surface area contributed by atoms with Gasteiger partial charge in [0, 0.05) is 49.4 Å². The molecule has 2 aliphatic heterocycles. The summed E-state index contributed by atoms with van der Waals surface area (Å²) in [6, 6.07) is 17.5. The molecule has 0 radical (unpaired) electrons. The highest BCUT2D eigenvalue weighted by Crippen LogP contribution is 2.34. The van der Waals surface area contributed by atoms with Crippen LogP contribution in [0.4, 0.5) is 11.9 Å². The van der Waals surface area contributed by atoms with Crippen LogP contribution in [-0.2, 0) is 9.47 Å². The van der Waals surface area contributed by atoms with E-state index in [1.54, 1.807) is 0 Å². The molecular weight excluding hydrogens is 732 g/mol. The quantitative estimate of drug-likeness (QED) is 0.141. The van der Waals surface area contributed by atoms with Crippen molar-refractivity contribution in [2.24, 2.45) is 0 Å². The zero-order valence-electron chi connectivity index (χ0n) is 31.6. The van der Waals surface area contributed by atoms with Gasteiger partial charge in [-0.3, -0.25) is 0 Å². The van der Waals surface area contributed by atoms with Crippen LogP contribution in [0.2, 0.25) is 0 Å². The molecule has 8 rings (SSSR count). The van der Waals surface area contributed by atoms with Crippen molar-refractivity contribution in [3.05, 3.63) is 70.7 Å². The number of morpholine rings is 2. The molecule has 53 heavy (non-hydrogen) atoms. The Kier molecular flexibility index (Phi) is 11.3. The Labute approximate surface area is 319 Å². The predicted octanol–water partition coefficient (Wildman–Crippen LogP) is 7.98. The van der Waals surface area contributed by atoms with Crippen LogP contribution in [-0.4, -0.2) is 91.6 Å². The van der Waals surface area contributed by atoms with Gasteiger partial charge in [0.25, 0.3) is 0 Å². The van der Waals surface area contributed by atoms with Gasteiger partial charge in [0.2, 0.25) is 11.9 Å². The maximum absolute atomic E-state index is 5.50. The molecule has 0 saturated carbocycles. The summed E-state index contributed by atoms with van der Waals surface area (Å²) in [6.45, 7) is 19.0. The highest BCUT2D eigenvalue weighted by atomic mass is 79.9. The van der Waals surface area contributed by atoms with Crippen LogP contribution in [0.3, 0.4) is 0 Å². The maximum atomic E-state index is 5.50. The summed E-state index contributed by atoms with van der Waals surface area (Å²) in [4.78, 5) is 33.5. The van der Waals surface area contributed by atoms with E-state index in [1.165, 1.54) is 11.1 Å². The number of anilines is 2. The van der Waals surface area contributed by atoms with Crippen LogP contribution in [0, 0.1) is 13.8 Å². The van der Waals surface area contributed by atoms with Crippen molar-refractivity contribution in [2.75, 3.05) is 62.4 Å². The standard InChI is InChI=1S/C20H24BrN5O.C20H25N5O/c1-4-14(3)26-18-17(22-19(26)21)16(15-7-5-6-13(2)12-15)23-20(24-18)25-8-10-27-11-9-25;1-4-15(3)25-13-21-18-17(16-7-5-6-14(2)12-16)22-20(23-19(18)25)24-8-10-26-11-9-24/h5-7,12,14H,4,8-11H2,1-3H3;5-7,12-13,15H,4,8-11H2,1-3H3.